The largest absolute Gasteiger partial charge is 0.417 e. The summed E-state index contributed by atoms with van der Waals surface area (Å²) in [6, 6.07) is 10.3. The van der Waals surface area contributed by atoms with Crippen molar-refractivity contribution in [3.8, 4) is 5.69 Å². The van der Waals surface area contributed by atoms with Gasteiger partial charge >= 0.3 is 6.18 Å². The molecule has 1 saturated heterocycles. The number of aromatic nitrogens is 4. The van der Waals surface area contributed by atoms with Crippen molar-refractivity contribution < 1.29 is 13.2 Å². The summed E-state index contributed by atoms with van der Waals surface area (Å²) in [5.41, 5.74) is 0.228. The third kappa shape index (κ3) is 4.97. The summed E-state index contributed by atoms with van der Waals surface area (Å²) < 4.78 is 46.2. The van der Waals surface area contributed by atoms with Crippen molar-refractivity contribution in [3.63, 3.8) is 0 Å². The van der Waals surface area contributed by atoms with Crippen molar-refractivity contribution in [2.45, 2.75) is 57.7 Å². The topological polar surface area (TPSA) is 56.0 Å². The minimum absolute atomic E-state index is 0.0296. The zero-order valence-electron chi connectivity index (χ0n) is 23.4. The fraction of sp³-hybridized carbons (Fsp3) is 0.452. The lowest BCUT2D eigenvalue weighted by Gasteiger charge is -2.46. The minimum atomic E-state index is -4.66. The molecule has 0 spiro atoms. The number of hydrogen-bond acceptors (Lipinski definition) is 4. The molecule has 0 N–H and O–H groups in total. The van der Waals surface area contributed by atoms with Crippen LogP contribution in [0.3, 0.4) is 0 Å². The van der Waals surface area contributed by atoms with E-state index in [4.69, 9.17) is 11.6 Å². The first-order valence-electron chi connectivity index (χ1n) is 14.1. The molecule has 0 amide bonds. The quantitative estimate of drug-likeness (QED) is 0.261. The molecule has 10 heteroatoms. The van der Waals surface area contributed by atoms with E-state index in [1.165, 1.54) is 10.8 Å². The molecule has 1 aliphatic carbocycles. The molecule has 216 valence electrons. The smallest absolute Gasteiger partial charge is 0.320 e. The summed E-state index contributed by atoms with van der Waals surface area (Å²) in [5.74, 6) is 1.83. The molecule has 0 radical (unpaired) electrons. The highest BCUT2D eigenvalue weighted by atomic mass is 35.5. The molecule has 1 atom stereocenters. The van der Waals surface area contributed by atoms with E-state index < -0.39 is 17.3 Å². The van der Waals surface area contributed by atoms with Gasteiger partial charge in [0.15, 0.2) is 0 Å². The number of halogens is 4. The van der Waals surface area contributed by atoms with Gasteiger partial charge in [-0.25, -0.2) is 0 Å². The van der Waals surface area contributed by atoms with E-state index in [9.17, 15) is 18.0 Å². The highest BCUT2D eigenvalue weighted by Gasteiger charge is 2.48. The van der Waals surface area contributed by atoms with Gasteiger partial charge in [-0.15, -0.1) is 10.2 Å². The number of alkyl halides is 3. The summed E-state index contributed by atoms with van der Waals surface area (Å²) in [6.07, 6.45) is 2.20. The lowest BCUT2D eigenvalue weighted by Crippen LogP contribution is -2.43. The second-order valence-corrected chi connectivity index (χ2v) is 12.5. The molecule has 2 fully saturated rings. The molecule has 0 unspecified atom stereocenters. The van der Waals surface area contributed by atoms with Crippen LogP contribution in [0.25, 0.3) is 16.5 Å². The number of benzene rings is 2. The highest BCUT2D eigenvalue weighted by molar-refractivity contribution is 6.35. The lowest BCUT2D eigenvalue weighted by molar-refractivity contribution is -0.136. The molecule has 2 aromatic carbocycles. The van der Waals surface area contributed by atoms with Gasteiger partial charge in [-0.1, -0.05) is 37.6 Å². The Hall–Kier alpha value is -3.17. The zero-order valence-corrected chi connectivity index (χ0v) is 24.1. The van der Waals surface area contributed by atoms with Crippen LogP contribution in [0.2, 0.25) is 5.02 Å². The standard InChI is InChI=1S/C31H33ClF3N5O/c1-19-6-5-9-39(15-19)16-21-10-24-27(25(11-21)31(33,34)35)26(32)17-40(28(24)41)23-8-4-7-22(12-23)30(13-20(2)14-30)29-37-36-18-38(29)3/h4,7-8,10-12,17-20H,5-6,9,13-16H2,1-3H3/t19-,20?,30?/m0/s1. The Morgan fingerprint density at radius 3 is 2.56 bits per heavy atom. The number of pyridine rings is 1. The Bertz CT molecular complexity index is 1670. The number of aryl methyl sites for hydroxylation is 1. The van der Waals surface area contributed by atoms with Gasteiger partial charge < -0.3 is 4.57 Å². The number of piperidine rings is 1. The SMILES string of the molecule is CC1CC(c2cccc(-n3cc(Cl)c4c(C(F)(F)F)cc(CN5CCC[C@H](C)C5)cc4c3=O)c2)(c2nncn2C)C1. The first-order chi connectivity index (χ1) is 19.5. The van der Waals surface area contributed by atoms with Crippen LogP contribution >= 0.6 is 11.6 Å². The molecule has 1 saturated carbocycles. The summed E-state index contributed by atoms with van der Waals surface area (Å²) in [7, 11) is 1.91. The summed E-state index contributed by atoms with van der Waals surface area (Å²) >= 11 is 6.56. The van der Waals surface area contributed by atoms with Crippen LogP contribution in [-0.2, 0) is 25.2 Å². The molecule has 1 aliphatic heterocycles. The molecule has 2 aliphatic rings. The van der Waals surface area contributed by atoms with Crippen LogP contribution in [0.1, 0.15) is 62.0 Å². The maximum absolute atomic E-state index is 14.3. The van der Waals surface area contributed by atoms with Crippen molar-refractivity contribution >= 4 is 22.4 Å². The van der Waals surface area contributed by atoms with Crippen molar-refractivity contribution in [2.24, 2.45) is 18.9 Å². The predicted octanol–water partition coefficient (Wildman–Crippen LogP) is 6.74. The van der Waals surface area contributed by atoms with Gasteiger partial charge in [-0.05, 0) is 79.5 Å². The lowest BCUT2D eigenvalue weighted by atomic mass is 9.58. The molecular formula is C31H33ClF3N5O. The monoisotopic (exact) mass is 583 g/mol. The Morgan fingerprint density at radius 1 is 1.12 bits per heavy atom. The van der Waals surface area contributed by atoms with Gasteiger partial charge in [0, 0.05) is 42.8 Å². The third-order valence-electron chi connectivity index (χ3n) is 8.79. The van der Waals surface area contributed by atoms with Crippen molar-refractivity contribution in [1.29, 1.82) is 0 Å². The number of rotatable bonds is 5. The number of hydrogen-bond donors (Lipinski definition) is 0. The summed E-state index contributed by atoms with van der Waals surface area (Å²) in [4.78, 5) is 16.1. The molecule has 0 bridgehead atoms. The average molecular weight is 584 g/mol. The van der Waals surface area contributed by atoms with Crippen molar-refractivity contribution in [3.05, 3.63) is 86.8 Å². The Kier molecular flexibility index (Phi) is 7.01. The van der Waals surface area contributed by atoms with E-state index in [1.54, 1.807) is 18.5 Å². The van der Waals surface area contributed by atoms with Crippen LogP contribution in [0, 0.1) is 11.8 Å². The Labute approximate surface area is 241 Å². The summed E-state index contributed by atoms with van der Waals surface area (Å²) in [5, 5.41) is 8.09. The number of fused-ring (bicyclic) bond motifs is 1. The molecule has 2 aromatic heterocycles. The predicted molar refractivity (Wildman–Crippen MR) is 153 cm³/mol. The van der Waals surface area contributed by atoms with Crippen molar-refractivity contribution in [1.82, 2.24) is 24.2 Å². The van der Waals surface area contributed by atoms with E-state index in [0.717, 1.165) is 56.2 Å². The average Bonchev–Trinajstić information content (AvgIpc) is 3.33. The first-order valence-corrected chi connectivity index (χ1v) is 14.5. The number of nitrogens with zero attached hydrogens (tertiary/aromatic N) is 5. The van der Waals surface area contributed by atoms with Gasteiger partial charge in [-0.3, -0.25) is 14.3 Å². The van der Waals surface area contributed by atoms with Gasteiger partial charge in [0.05, 0.1) is 16.0 Å². The van der Waals surface area contributed by atoms with Crippen LogP contribution in [0.4, 0.5) is 13.2 Å². The van der Waals surface area contributed by atoms with Crippen LogP contribution in [0.5, 0.6) is 0 Å². The first kappa shape index (κ1) is 28.0. The van der Waals surface area contributed by atoms with Gasteiger partial charge in [0.1, 0.15) is 12.2 Å². The fourth-order valence-corrected chi connectivity index (χ4v) is 7.34. The van der Waals surface area contributed by atoms with E-state index >= 15 is 0 Å². The van der Waals surface area contributed by atoms with E-state index in [2.05, 4.69) is 28.9 Å². The highest BCUT2D eigenvalue weighted by Crippen LogP contribution is 2.51. The molecule has 6 nitrogen and oxygen atoms in total. The van der Waals surface area contributed by atoms with Crippen LogP contribution in [0.15, 0.2) is 53.7 Å². The molecule has 6 rings (SSSR count). The second-order valence-electron chi connectivity index (χ2n) is 12.1. The fourth-order valence-electron chi connectivity index (χ4n) is 7.04. The maximum Gasteiger partial charge on any atom is 0.417 e. The van der Waals surface area contributed by atoms with Gasteiger partial charge in [-0.2, -0.15) is 13.2 Å². The van der Waals surface area contributed by atoms with Crippen molar-refractivity contribution in [2.75, 3.05) is 13.1 Å². The van der Waals surface area contributed by atoms with E-state index in [0.29, 0.717) is 29.6 Å². The number of likely N-dealkylation sites (tertiary alicyclic amines) is 1. The van der Waals surface area contributed by atoms with Gasteiger partial charge in [0.25, 0.3) is 5.56 Å². The Morgan fingerprint density at radius 2 is 1.90 bits per heavy atom. The minimum Gasteiger partial charge on any atom is -0.320 e. The maximum atomic E-state index is 14.3. The normalized spacial score (nSPS) is 23.6. The van der Waals surface area contributed by atoms with E-state index in [1.807, 2.05) is 29.8 Å². The van der Waals surface area contributed by atoms with Gasteiger partial charge in [0.2, 0.25) is 0 Å². The third-order valence-corrected chi connectivity index (χ3v) is 9.08. The summed E-state index contributed by atoms with van der Waals surface area (Å²) in [6.45, 7) is 6.33. The van der Waals surface area contributed by atoms with Crippen LogP contribution < -0.4 is 5.56 Å². The molecular weight excluding hydrogens is 551 g/mol. The molecule has 41 heavy (non-hydrogen) atoms. The Balaban J connectivity index is 1.48. The second kappa shape index (κ2) is 10.3. The van der Waals surface area contributed by atoms with Crippen LogP contribution in [-0.4, -0.2) is 37.3 Å². The molecule has 4 aromatic rings. The molecule has 3 heterocycles. The van der Waals surface area contributed by atoms with E-state index in [-0.39, 0.29) is 21.2 Å². The zero-order chi connectivity index (χ0) is 29.1.